The number of rotatable bonds is 36. The standard InChI is InChI=1S/C39H76O16/c1-2-3-4-5-6-7-8-9-10-11-12-13-28(14-29(47)21-40)37(15-30(48)22-41,16-31(49)23-42)39(19-34(52)26-45,20-35(53)27-46)38(36(54)55,17-32(50)24-43)18-33(51)25-44/h9-10,28-35,40-53H,2-8,11-27H2,1H3,(H,54,55). The van der Waals surface area contributed by atoms with E-state index in [2.05, 4.69) is 6.92 Å². The zero-order chi connectivity index (χ0) is 42.1. The summed E-state index contributed by atoms with van der Waals surface area (Å²) in [6, 6.07) is 0. The van der Waals surface area contributed by atoms with Crippen LogP contribution in [0.1, 0.15) is 116 Å². The molecule has 8 unspecified atom stereocenters. The molecule has 0 rings (SSSR count). The van der Waals surface area contributed by atoms with Crippen molar-refractivity contribution in [1.29, 1.82) is 0 Å². The van der Waals surface area contributed by atoms with Crippen molar-refractivity contribution in [3.8, 4) is 0 Å². The third-order valence-corrected chi connectivity index (χ3v) is 11.4. The van der Waals surface area contributed by atoms with Crippen molar-refractivity contribution in [2.75, 3.05) is 46.2 Å². The predicted octanol–water partition coefficient (Wildman–Crippen LogP) is -0.673. The molecule has 0 aliphatic carbocycles. The van der Waals surface area contributed by atoms with Gasteiger partial charge in [0.1, 0.15) is 0 Å². The number of carbonyl (C=O) groups is 1. The second kappa shape index (κ2) is 29.0. The number of aliphatic carboxylic acids is 1. The van der Waals surface area contributed by atoms with Gasteiger partial charge in [-0.15, -0.1) is 0 Å². The summed E-state index contributed by atoms with van der Waals surface area (Å²) in [5, 5.41) is 161. The quantitative estimate of drug-likeness (QED) is 0.0276. The SMILES string of the molecule is CCCCCCCCC=CCCCC(CC(O)CO)C(CC(O)CO)(CC(O)CO)C(CC(O)CO)(CC(O)CO)C(CC(O)CO)(CC(O)CO)C(=O)O. The van der Waals surface area contributed by atoms with Crippen molar-refractivity contribution >= 4 is 5.97 Å². The number of hydrogen-bond acceptors (Lipinski definition) is 15. The van der Waals surface area contributed by atoms with E-state index < -0.39 is 156 Å². The molecule has 0 amide bonds. The topological polar surface area (TPSA) is 321 Å². The Bertz CT molecular complexity index is 963. The minimum absolute atomic E-state index is 0.0573. The molecule has 0 heterocycles. The normalized spacial score (nSPS) is 20.1. The summed E-state index contributed by atoms with van der Waals surface area (Å²) in [6.45, 7) is -4.57. The van der Waals surface area contributed by atoms with E-state index in [-0.39, 0.29) is 12.8 Å². The van der Waals surface area contributed by atoms with Gasteiger partial charge in [0.05, 0.1) is 94.4 Å². The fraction of sp³-hybridized carbons (Fsp3) is 0.923. The smallest absolute Gasteiger partial charge is 0.310 e. The summed E-state index contributed by atoms with van der Waals surface area (Å²) < 4.78 is 0. The van der Waals surface area contributed by atoms with Crippen LogP contribution in [0, 0.1) is 22.2 Å². The lowest BCUT2D eigenvalue weighted by Gasteiger charge is -2.64. The van der Waals surface area contributed by atoms with Crippen LogP contribution in [0.2, 0.25) is 0 Å². The molecule has 8 atom stereocenters. The lowest BCUT2D eigenvalue weighted by molar-refractivity contribution is -0.229. The first-order valence-electron chi connectivity index (χ1n) is 20.0. The van der Waals surface area contributed by atoms with Crippen LogP contribution in [0.5, 0.6) is 0 Å². The van der Waals surface area contributed by atoms with Crippen LogP contribution >= 0.6 is 0 Å². The molecule has 0 spiro atoms. The van der Waals surface area contributed by atoms with Crippen LogP contribution in [-0.2, 0) is 4.79 Å². The Morgan fingerprint density at radius 3 is 1.25 bits per heavy atom. The van der Waals surface area contributed by atoms with Gasteiger partial charge < -0.3 is 76.6 Å². The van der Waals surface area contributed by atoms with Gasteiger partial charge in [-0.2, -0.15) is 0 Å². The van der Waals surface area contributed by atoms with Crippen LogP contribution < -0.4 is 0 Å². The maximum absolute atomic E-state index is 14.0. The van der Waals surface area contributed by atoms with Gasteiger partial charge in [0.15, 0.2) is 0 Å². The Hall–Kier alpha value is -1.35. The molecule has 0 saturated heterocycles. The van der Waals surface area contributed by atoms with Crippen LogP contribution in [0.15, 0.2) is 12.2 Å². The first-order valence-corrected chi connectivity index (χ1v) is 20.0. The van der Waals surface area contributed by atoms with Crippen molar-refractivity contribution in [3.63, 3.8) is 0 Å². The van der Waals surface area contributed by atoms with Crippen molar-refractivity contribution < 1.29 is 81.4 Å². The highest BCUT2D eigenvalue weighted by molar-refractivity contribution is 5.76. The molecule has 328 valence electrons. The third-order valence-electron chi connectivity index (χ3n) is 11.4. The number of carboxylic acid groups (broad SMARTS) is 1. The molecule has 0 aromatic carbocycles. The summed E-state index contributed by atoms with van der Waals surface area (Å²) in [5.41, 5.74) is -7.14. The largest absolute Gasteiger partial charge is 0.481 e. The number of aliphatic hydroxyl groups excluding tert-OH is 14. The molecule has 0 bridgehead atoms. The van der Waals surface area contributed by atoms with E-state index in [1.165, 1.54) is 12.8 Å². The van der Waals surface area contributed by atoms with Gasteiger partial charge in [-0.25, -0.2) is 0 Å². The Morgan fingerprint density at radius 1 is 0.491 bits per heavy atom. The molecule has 0 saturated carbocycles. The molecule has 0 aliphatic heterocycles. The molecule has 0 fully saturated rings. The first-order chi connectivity index (χ1) is 26.1. The van der Waals surface area contributed by atoms with Gasteiger partial charge >= 0.3 is 5.97 Å². The second-order valence-corrected chi connectivity index (χ2v) is 15.6. The van der Waals surface area contributed by atoms with Gasteiger partial charge in [0.25, 0.3) is 0 Å². The van der Waals surface area contributed by atoms with Gasteiger partial charge in [-0.05, 0) is 93.8 Å². The summed E-state index contributed by atoms with van der Waals surface area (Å²) in [7, 11) is 0. The summed E-state index contributed by atoms with van der Waals surface area (Å²) >= 11 is 0. The number of hydrogen-bond donors (Lipinski definition) is 15. The molecule has 0 aromatic rings. The monoisotopic (exact) mass is 801 g/mol. The highest BCUT2D eigenvalue weighted by Crippen LogP contribution is 2.68. The molecule has 0 aromatic heterocycles. The minimum Gasteiger partial charge on any atom is -0.481 e. The van der Waals surface area contributed by atoms with Crippen LogP contribution in [-0.4, -0.2) is 172 Å². The van der Waals surface area contributed by atoms with Gasteiger partial charge in [-0.1, -0.05) is 51.2 Å². The molecule has 0 aliphatic rings. The fourth-order valence-electron chi connectivity index (χ4n) is 9.03. The molecule has 16 nitrogen and oxygen atoms in total. The van der Waals surface area contributed by atoms with Crippen molar-refractivity contribution in [1.82, 2.24) is 0 Å². The first kappa shape index (κ1) is 53.6. The Labute approximate surface area is 326 Å². The van der Waals surface area contributed by atoms with Crippen molar-refractivity contribution in [2.24, 2.45) is 22.2 Å². The van der Waals surface area contributed by atoms with E-state index in [4.69, 9.17) is 0 Å². The number of unbranched alkanes of at least 4 members (excludes halogenated alkanes) is 7. The summed E-state index contributed by atoms with van der Waals surface area (Å²) in [5.74, 6) is -2.90. The molecule has 55 heavy (non-hydrogen) atoms. The second-order valence-electron chi connectivity index (χ2n) is 15.6. The Kier molecular flexibility index (Phi) is 28.2. The average molecular weight is 801 g/mol. The fourth-order valence-corrected chi connectivity index (χ4v) is 9.03. The van der Waals surface area contributed by atoms with E-state index in [9.17, 15) is 81.4 Å². The van der Waals surface area contributed by atoms with E-state index in [1.54, 1.807) is 0 Å². The van der Waals surface area contributed by atoms with Crippen LogP contribution in [0.4, 0.5) is 0 Å². The number of aliphatic hydroxyl groups is 14. The van der Waals surface area contributed by atoms with Crippen molar-refractivity contribution in [2.45, 2.75) is 159 Å². The number of carboxylic acids is 1. The molecular weight excluding hydrogens is 724 g/mol. The zero-order valence-electron chi connectivity index (χ0n) is 32.9. The molecule has 16 heteroatoms. The average Bonchev–Trinajstić information content (AvgIpc) is 3.17. The number of allylic oxidation sites excluding steroid dienone is 2. The maximum atomic E-state index is 14.0. The Morgan fingerprint density at radius 2 is 0.855 bits per heavy atom. The lowest BCUT2D eigenvalue weighted by atomic mass is 9.39. The lowest BCUT2D eigenvalue weighted by Crippen LogP contribution is -2.65. The van der Waals surface area contributed by atoms with E-state index in [0.29, 0.717) is 12.8 Å². The molecule has 15 N–H and O–H groups in total. The summed E-state index contributed by atoms with van der Waals surface area (Å²) in [6.07, 6.45) is -5.20. The Balaban J connectivity index is 8.25. The van der Waals surface area contributed by atoms with E-state index in [0.717, 1.165) is 32.1 Å². The zero-order valence-corrected chi connectivity index (χ0v) is 32.9. The molecular formula is C39H76O16. The van der Waals surface area contributed by atoms with Crippen LogP contribution in [0.3, 0.4) is 0 Å². The van der Waals surface area contributed by atoms with Crippen molar-refractivity contribution in [3.05, 3.63) is 12.2 Å². The van der Waals surface area contributed by atoms with E-state index in [1.807, 2.05) is 12.2 Å². The maximum Gasteiger partial charge on any atom is 0.310 e. The third kappa shape index (κ3) is 16.8. The summed E-state index contributed by atoms with van der Waals surface area (Å²) in [4.78, 5) is 14.0. The van der Waals surface area contributed by atoms with Gasteiger partial charge in [0.2, 0.25) is 0 Å². The minimum atomic E-state index is -2.66. The van der Waals surface area contributed by atoms with Gasteiger partial charge in [-0.3, -0.25) is 4.79 Å². The predicted molar refractivity (Wildman–Crippen MR) is 203 cm³/mol. The highest BCUT2D eigenvalue weighted by Gasteiger charge is 2.69. The van der Waals surface area contributed by atoms with Crippen LogP contribution in [0.25, 0.3) is 0 Å². The molecule has 0 radical (unpaired) electrons. The van der Waals surface area contributed by atoms with Gasteiger partial charge in [0, 0.05) is 0 Å². The highest BCUT2D eigenvalue weighted by atomic mass is 16.4. The van der Waals surface area contributed by atoms with E-state index >= 15 is 0 Å².